The van der Waals surface area contributed by atoms with Crippen molar-refractivity contribution in [3.8, 4) is 0 Å². The minimum Gasteiger partial charge on any atom is -0.316 e. The average molecular weight is 278 g/mol. The second kappa shape index (κ2) is 6.21. The van der Waals surface area contributed by atoms with Gasteiger partial charge in [0.15, 0.2) is 0 Å². The lowest BCUT2D eigenvalue weighted by atomic mass is 10.1. The Kier molecular flexibility index (Phi) is 5.18. The largest absolute Gasteiger partial charge is 0.316 e. The van der Waals surface area contributed by atoms with E-state index < -0.39 is 23.0 Å². The predicted octanol–water partition coefficient (Wildman–Crippen LogP) is 1.26. The van der Waals surface area contributed by atoms with Gasteiger partial charge in [-0.1, -0.05) is 12.1 Å². The van der Waals surface area contributed by atoms with Gasteiger partial charge in [-0.15, -0.1) is 0 Å². The number of hydrogen-bond donors (Lipinski definition) is 2. The third-order valence-corrected chi connectivity index (χ3v) is 3.92. The van der Waals surface area contributed by atoms with Crippen molar-refractivity contribution in [1.82, 2.24) is 10.0 Å². The van der Waals surface area contributed by atoms with Crippen molar-refractivity contribution in [3.05, 3.63) is 29.3 Å². The Morgan fingerprint density at radius 2 is 2.00 bits per heavy atom. The molecule has 7 heteroatoms. The van der Waals surface area contributed by atoms with Crippen molar-refractivity contribution in [2.24, 2.45) is 0 Å². The SMILES string of the molecule is CNCc1ccc(C)c(S(=O)(=O)NCC(F)F)c1. The van der Waals surface area contributed by atoms with E-state index in [1.165, 1.54) is 6.07 Å². The van der Waals surface area contributed by atoms with E-state index >= 15 is 0 Å². The predicted molar refractivity (Wildman–Crippen MR) is 65.1 cm³/mol. The molecule has 0 saturated heterocycles. The molecule has 0 unspecified atom stereocenters. The number of nitrogens with one attached hydrogen (secondary N) is 2. The molecule has 1 aromatic carbocycles. The van der Waals surface area contributed by atoms with Crippen molar-refractivity contribution in [2.75, 3.05) is 13.6 Å². The first-order valence-electron chi connectivity index (χ1n) is 5.38. The molecule has 1 aromatic rings. The standard InChI is InChI=1S/C11H16F2N2O2S/c1-8-3-4-9(6-14-2)5-10(8)18(16,17)15-7-11(12)13/h3-5,11,14-15H,6-7H2,1-2H3. The lowest BCUT2D eigenvalue weighted by Crippen LogP contribution is -2.29. The number of hydrogen-bond acceptors (Lipinski definition) is 3. The Hall–Kier alpha value is -1.05. The van der Waals surface area contributed by atoms with Gasteiger partial charge >= 0.3 is 0 Å². The monoisotopic (exact) mass is 278 g/mol. The first-order valence-corrected chi connectivity index (χ1v) is 6.87. The van der Waals surface area contributed by atoms with Gasteiger partial charge in [0.1, 0.15) is 0 Å². The molecule has 0 aliphatic carbocycles. The van der Waals surface area contributed by atoms with Crippen molar-refractivity contribution in [2.45, 2.75) is 24.8 Å². The highest BCUT2D eigenvalue weighted by Gasteiger charge is 2.18. The molecule has 2 N–H and O–H groups in total. The van der Waals surface area contributed by atoms with E-state index in [4.69, 9.17) is 0 Å². The number of alkyl halides is 2. The van der Waals surface area contributed by atoms with Crippen LogP contribution in [0.2, 0.25) is 0 Å². The van der Waals surface area contributed by atoms with Crippen LogP contribution in [-0.4, -0.2) is 28.4 Å². The van der Waals surface area contributed by atoms with Gasteiger partial charge in [-0.25, -0.2) is 21.9 Å². The zero-order valence-corrected chi connectivity index (χ0v) is 11.0. The molecule has 0 heterocycles. The van der Waals surface area contributed by atoms with Crippen LogP contribution < -0.4 is 10.0 Å². The third kappa shape index (κ3) is 4.01. The van der Waals surface area contributed by atoms with Gasteiger partial charge in [0.25, 0.3) is 6.43 Å². The molecule has 0 spiro atoms. The highest BCUT2D eigenvalue weighted by atomic mass is 32.2. The Morgan fingerprint density at radius 3 is 2.56 bits per heavy atom. The number of aryl methyl sites for hydroxylation is 1. The summed E-state index contributed by atoms with van der Waals surface area (Å²) in [5, 5.41) is 2.90. The van der Waals surface area contributed by atoms with Crippen LogP contribution in [0.25, 0.3) is 0 Å². The van der Waals surface area contributed by atoms with E-state index in [9.17, 15) is 17.2 Å². The molecular formula is C11H16F2N2O2S. The molecule has 0 fully saturated rings. The molecule has 0 aliphatic heterocycles. The molecule has 0 aromatic heterocycles. The van der Waals surface area contributed by atoms with E-state index in [1.807, 2.05) is 4.72 Å². The summed E-state index contributed by atoms with van der Waals surface area (Å²) in [5.74, 6) is 0. The van der Waals surface area contributed by atoms with Crippen LogP contribution in [0.5, 0.6) is 0 Å². The summed E-state index contributed by atoms with van der Waals surface area (Å²) in [5.41, 5.74) is 1.30. The van der Waals surface area contributed by atoms with Gasteiger partial charge in [0.2, 0.25) is 10.0 Å². The van der Waals surface area contributed by atoms with E-state index in [0.717, 1.165) is 5.56 Å². The van der Waals surface area contributed by atoms with Crippen LogP contribution in [0.1, 0.15) is 11.1 Å². The Balaban J connectivity index is 3.03. The van der Waals surface area contributed by atoms with Crippen LogP contribution in [0.4, 0.5) is 8.78 Å². The van der Waals surface area contributed by atoms with E-state index in [0.29, 0.717) is 12.1 Å². The molecule has 0 radical (unpaired) electrons. The van der Waals surface area contributed by atoms with Crippen LogP contribution >= 0.6 is 0 Å². The zero-order valence-electron chi connectivity index (χ0n) is 10.2. The summed E-state index contributed by atoms with van der Waals surface area (Å²) in [4.78, 5) is 0.0379. The van der Waals surface area contributed by atoms with E-state index in [-0.39, 0.29) is 4.90 Å². The Morgan fingerprint density at radius 1 is 1.33 bits per heavy atom. The Labute approximate surface area is 105 Å². The summed E-state index contributed by atoms with van der Waals surface area (Å²) < 4.78 is 49.7. The normalized spacial score (nSPS) is 12.1. The topological polar surface area (TPSA) is 58.2 Å². The van der Waals surface area contributed by atoms with E-state index in [1.54, 1.807) is 26.1 Å². The first-order chi connectivity index (χ1) is 8.36. The molecule has 0 atom stereocenters. The number of rotatable bonds is 6. The molecule has 0 saturated carbocycles. The molecular weight excluding hydrogens is 262 g/mol. The lowest BCUT2D eigenvalue weighted by molar-refractivity contribution is 0.153. The summed E-state index contributed by atoms with van der Waals surface area (Å²) >= 11 is 0. The van der Waals surface area contributed by atoms with Crippen molar-refractivity contribution >= 4 is 10.0 Å². The van der Waals surface area contributed by atoms with Gasteiger partial charge in [0, 0.05) is 6.54 Å². The van der Waals surface area contributed by atoms with Gasteiger partial charge < -0.3 is 5.32 Å². The van der Waals surface area contributed by atoms with Gasteiger partial charge in [-0.05, 0) is 31.2 Å². The smallest absolute Gasteiger partial charge is 0.251 e. The van der Waals surface area contributed by atoms with Crippen molar-refractivity contribution in [1.29, 1.82) is 0 Å². The highest BCUT2D eigenvalue weighted by molar-refractivity contribution is 7.89. The van der Waals surface area contributed by atoms with Crippen molar-refractivity contribution in [3.63, 3.8) is 0 Å². The maximum atomic E-state index is 12.0. The minimum absolute atomic E-state index is 0.0379. The Bertz CT molecular complexity index is 504. The van der Waals surface area contributed by atoms with Gasteiger partial charge in [-0.2, -0.15) is 0 Å². The van der Waals surface area contributed by atoms with Gasteiger partial charge in [0.05, 0.1) is 11.4 Å². The molecule has 0 aliphatic rings. The summed E-state index contributed by atoms with van der Waals surface area (Å²) in [6, 6.07) is 4.93. The van der Waals surface area contributed by atoms with Crippen LogP contribution in [-0.2, 0) is 16.6 Å². The lowest BCUT2D eigenvalue weighted by Gasteiger charge is -2.11. The van der Waals surface area contributed by atoms with Crippen LogP contribution in [0.3, 0.4) is 0 Å². The zero-order chi connectivity index (χ0) is 13.8. The number of benzene rings is 1. The first kappa shape index (κ1) is 15.0. The quantitative estimate of drug-likeness (QED) is 0.823. The fraction of sp³-hybridized carbons (Fsp3) is 0.455. The minimum atomic E-state index is -3.88. The second-order valence-corrected chi connectivity index (χ2v) is 5.61. The summed E-state index contributed by atoms with van der Waals surface area (Å²) in [6.45, 7) is 1.26. The fourth-order valence-electron chi connectivity index (χ4n) is 1.50. The maximum absolute atomic E-state index is 12.0. The summed E-state index contributed by atoms with van der Waals surface area (Å²) in [7, 11) is -2.15. The number of halogens is 2. The maximum Gasteiger partial charge on any atom is 0.251 e. The molecule has 102 valence electrons. The fourth-order valence-corrected chi connectivity index (χ4v) is 2.80. The van der Waals surface area contributed by atoms with Crippen LogP contribution in [0, 0.1) is 6.92 Å². The molecule has 18 heavy (non-hydrogen) atoms. The van der Waals surface area contributed by atoms with Crippen molar-refractivity contribution < 1.29 is 17.2 Å². The molecule has 1 rings (SSSR count). The van der Waals surface area contributed by atoms with E-state index in [2.05, 4.69) is 5.32 Å². The molecule has 4 nitrogen and oxygen atoms in total. The molecule has 0 bridgehead atoms. The summed E-state index contributed by atoms with van der Waals surface area (Å²) in [6.07, 6.45) is -2.71. The van der Waals surface area contributed by atoms with Crippen LogP contribution in [0.15, 0.2) is 23.1 Å². The van der Waals surface area contributed by atoms with Gasteiger partial charge in [-0.3, -0.25) is 0 Å². The number of sulfonamides is 1. The third-order valence-electron chi connectivity index (χ3n) is 2.35. The highest BCUT2D eigenvalue weighted by Crippen LogP contribution is 2.17. The second-order valence-electron chi connectivity index (χ2n) is 3.87. The molecule has 0 amide bonds. The average Bonchev–Trinajstić information content (AvgIpc) is 2.29.